The maximum absolute atomic E-state index is 11.0. The molecule has 1 aliphatic rings. The Morgan fingerprint density at radius 1 is 1.38 bits per heavy atom. The molecule has 0 aromatic carbocycles. The lowest BCUT2D eigenvalue weighted by atomic mass is 10.1. The normalized spacial score (nSPS) is 21.8. The molecular formula is C17H32N3O+. The molecule has 0 saturated heterocycles. The van der Waals surface area contributed by atoms with E-state index < -0.39 is 0 Å². The first-order valence-corrected chi connectivity index (χ1v) is 8.40. The van der Waals surface area contributed by atoms with Gasteiger partial charge in [0.05, 0.1) is 19.6 Å². The maximum Gasteiger partial charge on any atom is 0.217 e. The van der Waals surface area contributed by atoms with Crippen LogP contribution >= 0.6 is 0 Å². The molecule has 0 fully saturated rings. The Morgan fingerprint density at radius 3 is 2.86 bits per heavy atom. The topological polar surface area (TPSA) is 41.5 Å². The second-order valence-corrected chi connectivity index (χ2v) is 5.86. The van der Waals surface area contributed by atoms with Gasteiger partial charge in [-0.15, -0.1) is 0 Å². The van der Waals surface area contributed by atoms with Gasteiger partial charge in [0.2, 0.25) is 5.91 Å². The first kappa shape index (κ1) is 17.9. The van der Waals surface area contributed by atoms with Crippen LogP contribution in [0.2, 0.25) is 0 Å². The van der Waals surface area contributed by atoms with E-state index in [1.807, 2.05) is 0 Å². The largest absolute Gasteiger partial charge is 0.351 e. The van der Waals surface area contributed by atoms with Crippen molar-refractivity contribution in [2.45, 2.75) is 52.9 Å². The molecule has 1 aliphatic heterocycles. The van der Waals surface area contributed by atoms with Gasteiger partial charge in [-0.3, -0.25) is 9.28 Å². The van der Waals surface area contributed by atoms with E-state index in [4.69, 9.17) is 4.99 Å². The molecule has 0 aromatic heterocycles. The molecule has 0 bridgehead atoms. The predicted molar refractivity (Wildman–Crippen MR) is 89.4 cm³/mol. The van der Waals surface area contributed by atoms with E-state index in [0.717, 1.165) is 43.6 Å². The van der Waals surface area contributed by atoms with Crippen LogP contribution in [0, 0.1) is 0 Å². The number of nitrogens with zero attached hydrogens (tertiary/aromatic N) is 2. The molecule has 1 rings (SSSR count). The highest BCUT2D eigenvalue weighted by molar-refractivity contribution is 5.77. The van der Waals surface area contributed by atoms with Gasteiger partial charge in [-0.05, 0) is 33.1 Å². The van der Waals surface area contributed by atoms with Gasteiger partial charge >= 0.3 is 0 Å². The lowest BCUT2D eigenvalue weighted by Gasteiger charge is -2.33. The minimum Gasteiger partial charge on any atom is -0.351 e. The zero-order valence-electron chi connectivity index (χ0n) is 14.0. The van der Waals surface area contributed by atoms with Crippen LogP contribution in [0.1, 0.15) is 52.9 Å². The summed E-state index contributed by atoms with van der Waals surface area (Å²) in [6.07, 6.45) is 10.5. The van der Waals surface area contributed by atoms with E-state index in [0.29, 0.717) is 0 Å². The average Bonchev–Trinajstić information content (AvgIpc) is 2.86. The standard InChI is InChI=1S/C17H31N3O/c1-4-6-7-8-9-10-11-17-19-13-15-20(17,5-2)14-12-18-16(3)21/h4,6H,5,7-15H2,1-3H3/p+1/b6-4+. The van der Waals surface area contributed by atoms with Crippen LogP contribution in [0.3, 0.4) is 0 Å². The van der Waals surface area contributed by atoms with Crippen LogP contribution in [0.25, 0.3) is 0 Å². The minimum absolute atomic E-state index is 0.0610. The van der Waals surface area contributed by atoms with E-state index in [-0.39, 0.29) is 5.91 Å². The Bertz CT molecular complexity index is 376. The number of aliphatic imine (C=N–C) groups is 1. The number of rotatable bonds is 10. The fraction of sp³-hybridized carbons (Fsp3) is 0.765. The van der Waals surface area contributed by atoms with Gasteiger partial charge in [-0.1, -0.05) is 18.6 Å². The molecule has 0 radical (unpaired) electrons. The van der Waals surface area contributed by atoms with Gasteiger partial charge < -0.3 is 5.32 Å². The van der Waals surface area contributed by atoms with Gasteiger partial charge in [0, 0.05) is 13.3 Å². The first-order valence-electron chi connectivity index (χ1n) is 8.40. The van der Waals surface area contributed by atoms with Crippen LogP contribution in [0.5, 0.6) is 0 Å². The number of carbonyl (C=O) groups is 1. The maximum atomic E-state index is 11.0. The SMILES string of the molecule is C/C=C/CCCCCC1=NCC[N+]1(CC)CCNC(C)=O. The van der Waals surface area contributed by atoms with Crippen molar-refractivity contribution in [3.8, 4) is 0 Å². The molecular weight excluding hydrogens is 262 g/mol. The number of amidine groups is 1. The van der Waals surface area contributed by atoms with E-state index in [2.05, 4.69) is 31.3 Å². The van der Waals surface area contributed by atoms with Gasteiger partial charge in [0.1, 0.15) is 13.1 Å². The first-order chi connectivity index (χ1) is 10.1. The molecule has 21 heavy (non-hydrogen) atoms. The zero-order valence-corrected chi connectivity index (χ0v) is 14.0. The minimum atomic E-state index is 0.0610. The second-order valence-electron chi connectivity index (χ2n) is 5.86. The number of hydrogen-bond donors (Lipinski definition) is 1. The third-order valence-corrected chi connectivity index (χ3v) is 4.40. The molecule has 1 heterocycles. The second kappa shape index (κ2) is 9.72. The van der Waals surface area contributed by atoms with Crippen molar-refractivity contribution in [2.24, 2.45) is 4.99 Å². The lowest BCUT2D eigenvalue weighted by Crippen LogP contribution is -2.54. The number of allylic oxidation sites excluding steroid dienone is 2. The average molecular weight is 294 g/mol. The molecule has 120 valence electrons. The molecule has 1 unspecified atom stereocenters. The Labute approximate surface area is 129 Å². The lowest BCUT2D eigenvalue weighted by molar-refractivity contribution is -0.833. The third kappa shape index (κ3) is 6.00. The molecule has 0 spiro atoms. The molecule has 0 aromatic rings. The number of carbonyl (C=O) groups excluding carboxylic acids is 1. The molecule has 4 heteroatoms. The highest BCUT2D eigenvalue weighted by atomic mass is 16.1. The Balaban J connectivity index is 2.37. The summed E-state index contributed by atoms with van der Waals surface area (Å²) in [4.78, 5) is 15.8. The van der Waals surface area contributed by atoms with Crippen molar-refractivity contribution in [2.75, 3.05) is 32.7 Å². The molecule has 0 saturated carbocycles. The third-order valence-electron chi connectivity index (χ3n) is 4.40. The van der Waals surface area contributed by atoms with Gasteiger partial charge in [0.15, 0.2) is 5.84 Å². The summed E-state index contributed by atoms with van der Waals surface area (Å²) in [6.45, 7) is 10.8. The van der Waals surface area contributed by atoms with Crippen LogP contribution in [0.4, 0.5) is 0 Å². The Hall–Kier alpha value is -1.16. The predicted octanol–water partition coefficient (Wildman–Crippen LogP) is 2.90. The summed E-state index contributed by atoms with van der Waals surface area (Å²) in [5.41, 5.74) is 0. The molecule has 1 N–H and O–H groups in total. The number of likely N-dealkylation sites (N-methyl/N-ethyl adjacent to an activating group) is 1. The molecule has 1 amide bonds. The van der Waals surface area contributed by atoms with Crippen molar-refractivity contribution in [3.05, 3.63) is 12.2 Å². The summed E-state index contributed by atoms with van der Waals surface area (Å²) in [7, 11) is 0. The Kier molecular flexibility index (Phi) is 8.28. The summed E-state index contributed by atoms with van der Waals surface area (Å²) in [5, 5.41) is 2.93. The Morgan fingerprint density at radius 2 is 2.19 bits per heavy atom. The smallest absolute Gasteiger partial charge is 0.217 e. The van der Waals surface area contributed by atoms with E-state index >= 15 is 0 Å². The van der Waals surface area contributed by atoms with Crippen LogP contribution in [-0.4, -0.2) is 48.9 Å². The summed E-state index contributed by atoms with van der Waals surface area (Å²) in [5.74, 6) is 1.42. The van der Waals surface area contributed by atoms with Crippen molar-refractivity contribution in [3.63, 3.8) is 0 Å². The zero-order chi connectivity index (χ0) is 15.6. The van der Waals surface area contributed by atoms with Crippen LogP contribution in [0.15, 0.2) is 17.1 Å². The van der Waals surface area contributed by atoms with E-state index in [1.54, 1.807) is 6.92 Å². The van der Waals surface area contributed by atoms with Crippen molar-refractivity contribution in [1.82, 2.24) is 5.32 Å². The monoisotopic (exact) mass is 294 g/mol. The number of nitrogens with one attached hydrogen (secondary N) is 1. The van der Waals surface area contributed by atoms with Crippen LogP contribution < -0.4 is 5.32 Å². The van der Waals surface area contributed by atoms with E-state index in [9.17, 15) is 4.79 Å². The van der Waals surface area contributed by atoms with E-state index in [1.165, 1.54) is 31.5 Å². The molecule has 4 nitrogen and oxygen atoms in total. The quantitative estimate of drug-likeness (QED) is 0.376. The molecule has 1 atom stereocenters. The van der Waals surface area contributed by atoms with Gasteiger partial charge in [-0.2, -0.15) is 0 Å². The van der Waals surface area contributed by atoms with Crippen molar-refractivity contribution < 1.29 is 9.28 Å². The highest BCUT2D eigenvalue weighted by Crippen LogP contribution is 2.19. The highest BCUT2D eigenvalue weighted by Gasteiger charge is 2.35. The number of quaternary nitrogens is 1. The fourth-order valence-electron chi connectivity index (χ4n) is 3.04. The number of unbranched alkanes of at least 4 members (excludes halogenated alkanes) is 3. The van der Waals surface area contributed by atoms with Crippen molar-refractivity contribution >= 4 is 11.7 Å². The fourth-order valence-corrected chi connectivity index (χ4v) is 3.04. The van der Waals surface area contributed by atoms with Gasteiger partial charge in [-0.25, -0.2) is 4.99 Å². The van der Waals surface area contributed by atoms with Crippen LogP contribution in [-0.2, 0) is 4.79 Å². The number of amides is 1. The summed E-state index contributed by atoms with van der Waals surface area (Å²) < 4.78 is 0.981. The van der Waals surface area contributed by atoms with Gasteiger partial charge in [0.25, 0.3) is 0 Å². The summed E-state index contributed by atoms with van der Waals surface area (Å²) >= 11 is 0. The summed E-state index contributed by atoms with van der Waals surface area (Å²) in [6, 6.07) is 0. The molecule has 0 aliphatic carbocycles. The number of hydrogen-bond acceptors (Lipinski definition) is 2. The van der Waals surface area contributed by atoms with Crippen molar-refractivity contribution in [1.29, 1.82) is 0 Å².